The summed E-state index contributed by atoms with van der Waals surface area (Å²) in [7, 11) is 0. The van der Waals surface area contributed by atoms with E-state index in [4.69, 9.17) is 16.3 Å². The summed E-state index contributed by atoms with van der Waals surface area (Å²) in [6, 6.07) is 8.50. The van der Waals surface area contributed by atoms with Gasteiger partial charge in [0.1, 0.15) is 12.6 Å². The molecule has 0 aliphatic heterocycles. The van der Waals surface area contributed by atoms with Gasteiger partial charge < -0.3 is 15.2 Å². The molecule has 0 unspecified atom stereocenters. The number of carbonyl (C=O) groups is 2. The van der Waals surface area contributed by atoms with E-state index in [0.29, 0.717) is 25.9 Å². The molecule has 1 rings (SSSR count). The lowest BCUT2D eigenvalue weighted by molar-refractivity contribution is -0.142. The Morgan fingerprint density at radius 3 is 2.67 bits per heavy atom. The minimum absolute atomic E-state index is 0.173. The number of nitrogens with one attached hydrogen (secondary N) is 1. The van der Waals surface area contributed by atoms with Gasteiger partial charge in [-0.3, -0.25) is 4.79 Å². The maximum atomic E-state index is 11.6. The summed E-state index contributed by atoms with van der Waals surface area (Å²) in [6.45, 7) is 0.136. The van der Waals surface area contributed by atoms with E-state index in [0.717, 1.165) is 5.56 Å². The lowest BCUT2D eigenvalue weighted by Gasteiger charge is -2.14. The van der Waals surface area contributed by atoms with Gasteiger partial charge in [0.2, 0.25) is 5.91 Å². The fourth-order valence-corrected chi connectivity index (χ4v) is 1.74. The second-order valence-corrected chi connectivity index (χ2v) is 4.53. The zero-order valence-electron chi connectivity index (χ0n) is 11.7. The van der Waals surface area contributed by atoms with Gasteiger partial charge in [-0.05, 0) is 18.4 Å². The van der Waals surface area contributed by atoms with E-state index in [-0.39, 0.29) is 6.61 Å². The van der Waals surface area contributed by atoms with Gasteiger partial charge in [-0.1, -0.05) is 30.3 Å². The number of rotatable bonds is 9. The number of carboxylic acids is 1. The van der Waals surface area contributed by atoms with Crippen LogP contribution in [0.5, 0.6) is 0 Å². The van der Waals surface area contributed by atoms with Crippen LogP contribution in [0.25, 0.3) is 0 Å². The van der Waals surface area contributed by atoms with Crippen LogP contribution in [0.1, 0.15) is 24.8 Å². The molecule has 0 aromatic heterocycles. The number of aliphatic carboxylic acids is 1. The molecular weight excluding hydrogens is 270 g/mol. The SMILES string of the molecule is C#CCCC[C@H](NC(=O)COCc1ccccc1)C(=O)O. The molecule has 1 aromatic rings. The van der Waals surface area contributed by atoms with Crippen LogP contribution >= 0.6 is 0 Å². The molecule has 0 radical (unpaired) electrons. The predicted octanol–water partition coefficient (Wildman–Crippen LogP) is 1.58. The molecule has 21 heavy (non-hydrogen) atoms. The van der Waals surface area contributed by atoms with Crippen molar-refractivity contribution in [1.29, 1.82) is 0 Å². The van der Waals surface area contributed by atoms with Crippen LogP contribution < -0.4 is 5.32 Å². The third-order valence-electron chi connectivity index (χ3n) is 2.79. The van der Waals surface area contributed by atoms with Crippen molar-refractivity contribution in [3.05, 3.63) is 35.9 Å². The van der Waals surface area contributed by atoms with E-state index in [1.165, 1.54) is 0 Å². The minimum atomic E-state index is -1.07. The Morgan fingerprint density at radius 1 is 1.33 bits per heavy atom. The maximum absolute atomic E-state index is 11.6. The molecule has 1 aromatic carbocycles. The average Bonchev–Trinajstić information content (AvgIpc) is 2.47. The smallest absolute Gasteiger partial charge is 0.326 e. The molecular formula is C16H19NO4. The molecule has 1 amide bonds. The highest BCUT2D eigenvalue weighted by Gasteiger charge is 2.19. The first kappa shape index (κ1) is 16.7. The van der Waals surface area contributed by atoms with Gasteiger partial charge in [0.15, 0.2) is 0 Å². The van der Waals surface area contributed by atoms with Gasteiger partial charge in [0.25, 0.3) is 0 Å². The zero-order valence-corrected chi connectivity index (χ0v) is 11.7. The summed E-state index contributed by atoms with van der Waals surface area (Å²) in [6.07, 6.45) is 6.46. The molecule has 0 saturated heterocycles. The molecule has 0 fully saturated rings. The first-order valence-corrected chi connectivity index (χ1v) is 6.70. The van der Waals surface area contributed by atoms with Crippen molar-refractivity contribution < 1.29 is 19.4 Å². The third kappa shape index (κ3) is 7.14. The highest BCUT2D eigenvalue weighted by molar-refractivity contribution is 5.84. The number of carboxylic acid groups (broad SMARTS) is 1. The Balaban J connectivity index is 2.30. The quantitative estimate of drug-likeness (QED) is 0.534. The van der Waals surface area contributed by atoms with E-state index < -0.39 is 17.9 Å². The van der Waals surface area contributed by atoms with E-state index in [1.54, 1.807) is 0 Å². The molecule has 0 saturated carbocycles. The van der Waals surface area contributed by atoms with Crippen LogP contribution in [0.15, 0.2) is 30.3 Å². The Morgan fingerprint density at radius 2 is 2.05 bits per heavy atom. The summed E-state index contributed by atoms with van der Waals surface area (Å²) in [5.74, 6) is 0.926. The average molecular weight is 289 g/mol. The molecule has 0 aliphatic rings. The summed E-state index contributed by atoms with van der Waals surface area (Å²) in [5, 5.41) is 11.4. The molecule has 112 valence electrons. The number of carbonyl (C=O) groups excluding carboxylic acids is 1. The zero-order chi connectivity index (χ0) is 15.5. The van der Waals surface area contributed by atoms with Crippen molar-refractivity contribution in [1.82, 2.24) is 5.32 Å². The standard InChI is InChI=1S/C16H19NO4/c1-2-3-5-10-14(16(19)20)17-15(18)12-21-11-13-8-6-4-7-9-13/h1,4,6-9,14H,3,5,10-12H2,(H,17,18)(H,19,20)/t14-/m0/s1. The Bertz CT molecular complexity index is 493. The molecule has 0 aliphatic carbocycles. The lowest BCUT2D eigenvalue weighted by atomic mass is 10.1. The number of hydrogen-bond donors (Lipinski definition) is 2. The maximum Gasteiger partial charge on any atom is 0.326 e. The van der Waals surface area contributed by atoms with E-state index >= 15 is 0 Å². The normalized spacial score (nSPS) is 11.4. The lowest BCUT2D eigenvalue weighted by Crippen LogP contribution is -2.42. The highest BCUT2D eigenvalue weighted by atomic mass is 16.5. The minimum Gasteiger partial charge on any atom is -0.480 e. The number of amides is 1. The number of ether oxygens (including phenoxy) is 1. The van der Waals surface area contributed by atoms with E-state index in [9.17, 15) is 9.59 Å². The third-order valence-corrected chi connectivity index (χ3v) is 2.79. The van der Waals surface area contributed by atoms with Crippen LogP contribution in [0.4, 0.5) is 0 Å². The Kier molecular flexibility index (Phi) is 7.62. The van der Waals surface area contributed by atoms with Crippen LogP contribution in [0, 0.1) is 12.3 Å². The summed E-state index contributed by atoms with van der Waals surface area (Å²) >= 11 is 0. The summed E-state index contributed by atoms with van der Waals surface area (Å²) in [5.41, 5.74) is 0.953. The topological polar surface area (TPSA) is 75.6 Å². The molecule has 5 nitrogen and oxygen atoms in total. The molecule has 5 heteroatoms. The fraction of sp³-hybridized carbons (Fsp3) is 0.375. The van der Waals surface area contributed by atoms with Gasteiger partial charge in [0, 0.05) is 6.42 Å². The summed E-state index contributed by atoms with van der Waals surface area (Å²) < 4.78 is 5.25. The molecule has 1 atom stereocenters. The fourth-order valence-electron chi connectivity index (χ4n) is 1.74. The van der Waals surface area contributed by atoms with Gasteiger partial charge in [0.05, 0.1) is 6.61 Å². The van der Waals surface area contributed by atoms with Crippen molar-refractivity contribution in [3.8, 4) is 12.3 Å². The molecule has 0 spiro atoms. The van der Waals surface area contributed by atoms with Crippen LogP contribution in [-0.2, 0) is 20.9 Å². The van der Waals surface area contributed by atoms with Crippen LogP contribution in [0.3, 0.4) is 0 Å². The van der Waals surface area contributed by atoms with Crippen molar-refractivity contribution in [3.63, 3.8) is 0 Å². The number of benzene rings is 1. The van der Waals surface area contributed by atoms with Gasteiger partial charge in [-0.2, -0.15) is 0 Å². The highest BCUT2D eigenvalue weighted by Crippen LogP contribution is 2.02. The molecule has 0 heterocycles. The predicted molar refractivity (Wildman–Crippen MR) is 78.3 cm³/mol. The molecule has 2 N–H and O–H groups in total. The molecule has 0 bridgehead atoms. The Labute approximate surface area is 124 Å². The second kappa shape index (κ2) is 9.56. The first-order chi connectivity index (χ1) is 10.1. The van der Waals surface area contributed by atoms with E-state index in [2.05, 4.69) is 11.2 Å². The van der Waals surface area contributed by atoms with Crippen molar-refractivity contribution in [2.24, 2.45) is 0 Å². The van der Waals surface area contributed by atoms with Gasteiger partial charge >= 0.3 is 5.97 Å². The second-order valence-electron chi connectivity index (χ2n) is 4.53. The van der Waals surface area contributed by atoms with Crippen LogP contribution in [-0.4, -0.2) is 29.6 Å². The number of hydrogen-bond acceptors (Lipinski definition) is 3. The first-order valence-electron chi connectivity index (χ1n) is 6.70. The number of unbranched alkanes of at least 4 members (excludes halogenated alkanes) is 1. The largest absolute Gasteiger partial charge is 0.480 e. The number of terminal acetylenes is 1. The van der Waals surface area contributed by atoms with Crippen LogP contribution in [0.2, 0.25) is 0 Å². The van der Waals surface area contributed by atoms with Crippen molar-refractivity contribution >= 4 is 11.9 Å². The van der Waals surface area contributed by atoms with Gasteiger partial charge in [-0.15, -0.1) is 12.3 Å². The van der Waals surface area contributed by atoms with Crippen molar-refractivity contribution in [2.75, 3.05) is 6.61 Å². The van der Waals surface area contributed by atoms with E-state index in [1.807, 2.05) is 30.3 Å². The Hall–Kier alpha value is -2.32. The van der Waals surface area contributed by atoms with Gasteiger partial charge in [-0.25, -0.2) is 4.79 Å². The van der Waals surface area contributed by atoms with Crippen molar-refractivity contribution in [2.45, 2.75) is 31.9 Å². The summed E-state index contributed by atoms with van der Waals surface area (Å²) in [4.78, 5) is 22.7. The monoisotopic (exact) mass is 289 g/mol.